The van der Waals surface area contributed by atoms with Gasteiger partial charge in [0.15, 0.2) is 0 Å². The highest BCUT2D eigenvalue weighted by Crippen LogP contribution is 2.27. The van der Waals surface area contributed by atoms with Gasteiger partial charge in [-0.05, 0) is 54.8 Å². The third-order valence-electron chi connectivity index (χ3n) is 4.78. The minimum Gasteiger partial charge on any atom is -0.314 e. The Hall–Kier alpha value is -0.860. The summed E-state index contributed by atoms with van der Waals surface area (Å²) in [5.74, 6) is 0.695. The predicted molar refractivity (Wildman–Crippen MR) is 80.8 cm³/mol. The first-order valence-electron chi connectivity index (χ1n) is 7.88. The normalized spacial score (nSPS) is 21.3. The van der Waals surface area contributed by atoms with Crippen molar-refractivity contribution in [3.05, 3.63) is 34.9 Å². The molecule has 1 atom stereocenters. The lowest BCUT2D eigenvalue weighted by Crippen LogP contribution is -2.43. The van der Waals surface area contributed by atoms with Gasteiger partial charge in [-0.2, -0.15) is 0 Å². The first-order valence-corrected chi connectivity index (χ1v) is 7.88. The van der Waals surface area contributed by atoms with Crippen LogP contribution in [0.1, 0.15) is 42.4 Å². The summed E-state index contributed by atoms with van der Waals surface area (Å²) in [6.07, 6.45) is 5.24. The highest BCUT2D eigenvalue weighted by Gasteiger charge is 2.15. The van der Waals surface area contributed by atoms with Crippen molar-refractivity contribution in [2.75, 3.05) is 32.7 Å². The van der Waals surface area contributed by atoms with E-state index in [1.54, 1.807) is 16.7 Å². The lowest BCUT2D eigenvalue weighted by Gasteiger charge is -2.28. The summed E-state index contributed by atoms with van der Waals surface area (Å²) in [4.78, 5) is 2.60. The Morgan fingerprint density at radius 1 is 1.16 bits per heavy atom. The number of hydrogen-bond acceptors (Lipinski definition) is 2. The van der Waals surface area contributed by atoms with Crippen LogP contribution >= 0.6 is 0 Å². The molecule has 104 valence electrons. The molecule has 1 aliphatic heterocycles. The number of aryl methyl sites for hydroxylation is 2. The molecule has 0 aromatic heterocycles. The van der Waals surface area contributed by atoms with Crippen LogP contribution in [0.15, 0.2) is 18.2 Å². The molecule has 19 heavy (non-hydrogen) atoms. The average Bonchev–Trinajstić information content (AvgIpc) is 2.93. The van der Waals surface area contributed by atoms with E-state index in [1.807, 2.05) is 0 Å². The molecule has 2 nitrogen and oxygen atoms in total. The third kappa shape index (κ3) is 3.18. The number of nitrogens with zero attached hydrogens (tertiary/aromatic N) is 1. The lowest BCUT2D eigenvalue weighted by molar-refractivity contribution is 0.234. The van der Waals surface area contributed by atoms with Gasteiger partial charge in [0.25, 0.3) is 0 Å². The molecule has 1 N–H and O–H groups in total. The molecule has 1 aromatic carbocycles. The van der Waals surface area contributed by atoms with Crippen molar-refractivity contribution in [1.82, 2.24) is 10.2 Å². The Kier molecular flexibility index (Phi) is 4.19. The average molecular weight is 258 g/mol. The maximum atomic E-state index is 3.42. The van der Waals surface area contributed by atoms with E-state index in [4.69, 9.17) is 0 Å². The minimum absolute atomic E-state index is 0.695. The second-order valence-corrected chi connectivity index (χ2v) is 6.16. The first kappa shape index (κ1) is 13.1. The number of nitrogens with one attached hydrogen (secondary N) is 1. The molecule has 1 heterocycles. The van der Waals surface area contributed by atoms with Crippen molar-refractivity contribution >= 4 is 0 Å². The van der Waals surface area contributed by atoms with Gasteiger partial charge in [0.2, 0.25) is 0 Å². The van der Waals surface area contributed by atoms with Crippen molar-refractivity contribution in [2.45, 2.75) is 38.5 Å². The molecule has 2 aliphatic rings. The Bertz CT molecular complexity index is 421. The van der Waals surface area contributed by atoms with Gasteiger partial charge in [0.05, 0.1) is 0 Å². The molecular weight excluding hydrogens is 232 g/mol. The largest absolute Gasteiger partial charge is 0.314 e. The van der Waals surface area contributed by atoms with Gasteiger partial charge in [-0.25, -0.2) is 0 Å². The van der Waals surface area contributed by atoms with Crippen molar-refractivity contribution in [2.24, 2.45) is 0 Å². The molecule has 3 rings (SSSR count). The molecule has 1 aliphatic carbocycles. The molecule has 0 spiro atoms. The smallest absolute Gasteiger partial charge is 0.0107 e. The van der Waals surface area contributed by atoms with E-state index < -0.39 is 0 Å². The summed E-state index contributed by atoms with van der Waals surface area (Å²) >= 11 is 0. The van der Waals surface area contributed by atoms with E-state index in [2.05, 4.69) is 35.3 Å². The van der Waals surface area contributed by atoms with Gasteiger partial charge in [-0.3, -0.25) is 0 Å². The van der Waals surface area contributed by atoms with Crippen LogP contribution in [0, 0.1) is 0 Å². The lowest BCUT2D eigenvalue weighted by atomic mass is 9.94. The second kappa shape index (κ2) is 6.06. The van der Waals surface area contributed by atoms with Crippen LogP contribution in [0.4, 0.5) is 0 Å². The van der Waals surface area contributed by atoms with E-state index in [0.717, 1.165) is 13.1 Å². The zero-order valence-electron chi connectivity index (χ0n) is 12.1. The second-order valence-electron chi connectivity index (χ2n) is 6.16. The van der Waals surface area contributed by atoms with Gasteiger partial charge in [-0.1, -0.05) is 25.1 Å². The highest BCUT2D eigenvalue weighted by atomic mass is 15.2. The van der Waals surface area contributed by atoms with E-state index in [0.29, 0.717) is 5.92 Å². The molecule has 1 fully saturated rings. The topological polar surface area (TPSA) is 15.3 Å². The Morgan fingerprint density at radius 3 is 2.79 bits per heavy atom. The summed E-state index contributed by atoms with van der Waals surface area (Å²) in [7, 11) is 0. The van der Waals surface area contributed by atoms with Crippen molar-refractivity contribution in [3.8, 4) is 0 Å². The quantitative estimate of drug-likeness (QED) is 0.893. The Labute approximate surface area is 117 Å². The zero-order chi connectivity index (χ0) is 13.1. The minimum atomic E-state index is 0.695. The number of rotatable bonds is 4. The summed E-state index contributed by atoms with van der Waals surface area (Å²) in [5, 5.41) is 3.42. The van der Waals surface area contributed by atoms with Crippen LogP contribution < -0.4 is 5.32 Å². The van der Waals surface area contributed by atoms with E-state index in [-0.39, 0.29) is 0 Å². The van der Waals surface area contributed by atoms with Crippen LogP contribution in [0.2, 0.25) is 0 Å². The molecule has 1 saturated heterocycles. The zero-order valence-corrected chi connectivity index (χ0v) is 12.1. The molecule has 2 heteroatoms. The fourth-order valence-corrected chi connectivity index (χ4v) is 3.38. The van der Waals surface area contributed by atoms with Gasteiger partial charge >= 0.3 is 0 Å². The molecule has 0 bridgehead atoms. The van der Waals surface area contributed by atoms with E-state index >= 15 is 0 Å². The number of fused-ring (bicyclic) bond motifs is 1. The molecular formula is C17H26N2. The standard InChI is InChI=1S/C17H26N2/c1-14(7-10-19-11-8-18-9-12-19)16-6-5-15-3-2-4-17(15)13-16/h5-6,13-14,18H,2-4,7-12H2,1H3. The summed E-state index contributed by atoms with van der Waals surface area (Å²) < 4.78 is 0. The van der Waals surface area contributed by atoms with Gasteiger partial charge < -0.3 is 10.2 Å². The van der Waals surface area contributed by atoms with Crippen molar-refractivity contribution in [1.29, 1.82) is 0 Å². The van der Waals surface area contributed by atoms with E-state index in [1.165, 1.54) is 45.3 Å². The van der Waals surface area contributed by atoms with E-state index in [9.17, 15) is 0 Å². The number of hydrogen-bond donors (Lipinski definition) is 1. The monoisotopic (exact) mass is 258 g/mol. The van der Waals surface area contributed by atoms with Gasteiger partial charge in [-0.15, -0.1) is 0 Å². The maximum absolute atomic E-state index is 3.42. The molecule has 1 aromatic rings. The van der Waals surface area contributed by atoms with Crippen LogP contribution in [-0.4, -0.2) is 37.6 Å². The fourth-order valence-electron chi connectivity index (χ4n) is 3.38. The predicted octanol–water partition coefficient (Wildman–Crippen LogP) is 2.57. The van der Waals surface area contributed by atoms with Crippen LogP contribution in [0.5, 0.6) is 0 Å². The van der Waals surface area contributed by atoms with Gasteiger partial charge in [0.1, 0.15) is 0 Å². The van der Waals surface area contributed by atoms with Crippen molar-refractivity contribution in [3.63, 3.8) is 0 Å². The molecule has 0 saturated carbocycles. The van der Waals surface area contributed by atoms with Crippen LogP contribution in [0.25, 0.3) is 0 Å². The molecule has 1 unspecified atom stereocenters. The maximum Gasteiger partial charge on any atom is 0.0107 e. The SMILES string of the molecule is CC(CCN1CCNCC1)c1ccc2c(c1)CCC2. The highest BCUT2D eigenvalue weighted by molar-refractivity contribution is 5.36. The van der Waals surface area contributed by atoms with Gasteiger partial charge in [0, 0.05) is 26.2 Å². The Balaban J connectivity index is 1.56. The number of piperazine rings is 1. The number of benzene rings is 1. The first-order chi connectivity index (χ1) is 9.33. The summed E-state index contributed by atoms with van der Waals surface area (Å²) in [6.45, 7) is 8.40. The summed E-state index contributed by atoms with van der Waals surface area (Å²) in [6, 6.07) is 7.22. The summed E-state index contributed by atoms with van der Waals surface area (Å²) in [5.41, 5.74) is 4.76. The Morgan fingerprint density at radius 2 is 1.95 bits per heavy atom. The van der Waals surface area contributed by atoms with Crippen LogP contribution in [0.3, 0.4) is 0 Å². The molecule has 0 radical (unpaired) electrons. The molecule has 0 amide bonds. The van der Waals surface area contributed by atoms with Crippen molar-refractivity contribution < 1.29 is 0 Å². The van der Waals surface area contributed by atoms with Crippen LogP contribution in [-0.2, 0) is 12.8 Å². The fraction of sp³-hybridized carbons (Fsp3) is 0.647. The third-order valence-corrected chi connectivity index (χ3v) is 4.78.